The molecule has 2 nitrogen and oxygen atoms in total. The number of amides is 1. The number of hydrogen-bond acceptors (Lipinski definition) is 1. The number of aryl methyl sites for hydroxylation is 1. The first-order valence-electron chi connectivity index (χ1n) is 6.51. The van der Waals surface area contributed by atoms with Crippen molar-refractivity contribution in [3.8, 4) is 0 Å². The van der Waals surface area contributed by atoms with Crippen molar-refractivity contribution in [2.75, 3.05) is 5.32 Å². The summed E-state index contributed by atoms with van der Waals surface area (Å²) in [5.74, 6) is -0.145. The number of benzene rings is 2. The van der Waals surface area contributed by atoms with E-state index in [-0.39, 0.29) is 5.91 Å². The van der Waals surface area contributed by atoms with Crippen LogP contribution in [0.5, 0.6) is 0 Å². The summed E-state index contributed by atoms with van der Waals surface area (Å²) in [7, 11) is 0. The third-order valence-corrected chi connectivity index (χ3v) is 3.15. The summed E-state index contributed by atoms with van der Waals surface area (Å²) in [4.78, 5) is 11.8. The molecular weight excluding hydrogens is 270 g/mol. The number of hydrogen-bond donors (Lipinski definition) is 1. The average Bonchev–Trinajstić information content (AvgIpc) is 2.47. The Bertz CT molecular complexity index is 617. The maximum atomic E-state index is 11.8. The maximum absolute atomic E-state index is 11.8. The van der Waals surface area contributed by atoms with E-state index in [9.17, 15) is 4.79 Å². The summed E-state index contributed by atoms with van der Waals surface area (Å²) in [6.45, 7) is 2.08. The Balaban J connectivity index is 1.99. The second-order valence-electron chi connectivity index (χ2n) is 4.43. The molecule has 0 aromatic heterocycles. The van der Waals surface area contributed by atoms with Gasteiger partial charge in [0.2, 0.25) is 5.91 Å². The van der Waals surface area contributed by atoms with E-state index in [1.807, 2.05) is 36.4 Å². The van der Waals surface area contributed by atoms with Crippen LogP contribution in [0.1, 0.15) is 18.1 Å². The Labute approximate surface area is 124 Å². The fourth-order valence-electron chi connectivity index (χ4n) is 1.80. The molecule has 0 atom stereocenters. The van der Waals surface area contributed by atoms with Gasteiger partial charge in [-0.3, -0.25) is 4.79 Å². The SMILES string of the molecule is CCc1cccc(NC(=O)/C=C/c2ccc(Cl)cc2)c1. The first kappa shape index (κ1) is 14.4. The standard InChI is InChI=1S/C17H16ClNO/c1-2-13-4-3-5-16(12-13)19-17(20)11-8-14-6-9-15(18)10-7-14/h3-12H,2H2,1H3,(H,19,20)/b11-8+. The highest BCUT2D eigenvalue weighted by Crippen LogP contribution is 2.12. The van der Waals surface area contributed by atoms with Crippen molar-refractivity contribution in [2.45, 2.75) is 13.3 Å². The Morgan fingerprint density at radius 3 is 2.65 bits per heavy atom. The molecule has 0 aliphatic carbocycles. The van der Waals surface area contributed by atoms with Crippen molar-refractivity contribution in [3.05, 3.63) is 70.8 Å². The summed E-state index contributed by atoms with van der Waals surface area (Å²) < 4.78 is 0. The lowest BCUT2D eigenvalue weighted by Gasteiger charge is -2.04. The van der Waals surface area contributed by atoms with Gasteiger partial charge in [-0.25, -0.2) is 0 Å². The zero-order valence-corrected chi connectivity index (χ0v) is 12.0. The molecule has 0 radical (unpaired) electrons. The summed E-state index contributed by atoms with van der Waals surface area (Å²) in [6, 6.07) is 15.2. The molecular formula is C17H16ClNO. The van der Waals surface area contributed by atoms with E-state index in [0.717, 1.165) is 17.7 Å². The molecule has 2 aromatic carbocycles. The number of nitrogens with one attached hydrogen (secondary N) is 1. The van der Waals surface area contributed by atoms with E-state index in [1.54, 1.807) is 18.2 Å². The first-order chi connectivity index (χ1) is 9.67. The normalized spacial score (nSPS) is 10.7. The number of rotatable bonds is 4. The summed E-state index contributed by atoms with van der Waals surface area (Å²) in [6.07, 6.45) is 4.22. The lowest BCUT2D eigenvalue weighted by Crippen LogP contribution is -2.07. The number of halogens is 1. The number of carbonyl (C=O) groups excluding carboxylic acids is 1. The van der Waals surface area contributed by atoms with Gasteiger partial charge in [0.15, 0.2) is 0 Å². The smallest absolute Gasteiger partial charge is 0.248 e. The molecule has 0 spiro atoms. The topological polar surface area (TPSA) is 29.1 Å². The van der Waals surface area contributed by atoms with Gasteiger partial charge in [0.05, 0.1) is 0 Å². The molecule has 1 N–H and O–H groups in total. The van der Waals surface area contributed by atoms with Crippen molar-refractivity contribution in [1.82, 2.24) is 0 Å². The van der Waals surface area contributed by atoms with Crippen LogP contribution in [0.2, 0.25) is 5.02 Å². The minimum absolute atomic E-state index is 0.145. The van der Waals surface area contributed by atoms with Gasteiger partial charge in [-0.2, -0.15) is 0 Å². The molecule has 0 unspecified atom stereocenters. The van der Waals surface area contributed by atoms with Crippen LogP contribution in [0.25, 0.3) is 6.08 Å². The highest BCUT2D eigenvalue weighted by atomic mass is 35.5. The van der Waals surface area contributed by atoms with Crippen molar-refractivity contribution in [2.24, 2.45) is 0 Å². The van der Waals surface area contributed by atoms with Crippen LogP contribution in [0, 0.1) is 0 Å². The van der Waals surface area contributed by atoms with E-state index in [4.69, 9.17) is 11.6 Å². The molecule has 0 bridgehead atoms. The van der Waals surface area contributed by atoms with Crippen molar-refractivity contribution in [3.63, 3.8) is 0 Å². The van der Waals surface area contributed by atoms with Crippen LogP contribution in [0.3, 0.4) is 0 Å². The Morgan fingerprint density at radius 2 is 1.95 bits per heavy atom. The lowest BCUT2D eigenvalue weighted by molar-refractivity contribution is -0.111. The van der Waals surface area contributed by atoms with Crippen LogP contribution < -0.4 is 5.32 Å². The summed E-state index contributed by atoms with van der Waals surface area (Å²) in [5.41, 5.74) is 2.95. The molecule has 0 saturated carbocycles. The van der Waals surface area contributed by atoms with Gasteiger partial charge in [0, 0.05) is 16.8 Å². The number of anilines is 1. The van der Waals surface area contributed by atoms with E-state index < -0.39 is 0 Å². The molecule has 0 saturated heterocycles. The monoisotopic (exact) mass is 285 g/mol. The van der Waals surface area contributed by atoms with E-state index in [1.165, 1.54) is 11.6 Å². The Hall–Kier alpha value is -2.06. The van der Waals surface area contributed by atoms with Gasteiger partial charge in [-0.1, -0.05) is 42.8 Å². The largest absolute Gasteiger partial charge is 0.323 e. The minimum Gasteiger partial charge on any atom is -0.323 e. The van der Waals surface area contributed by atoms with Crippen LogP contribution in [-0.2, 0) is 11.2 Å². The van der Waals surface area contributed by atoms with Crippen molar-refractivity contribution >= 4 is 29.3 Å². The fraction of sp³-hybridized carbons (Fsp3) is 0.118. The average molecular weight is 286 g/mol. The summed E-state index contributed by atoms with van der Waals surface area (Å²) >= 11 is 5.81. The third kappa shape index (κ3) is 4.25. The quantitative estimate of drug-likeness (QED) is 0.820. The highest BCUT2D eigenvalue weighted by Gasteiger charge is 1.98. The number of carbonyl (C=O) groups is 1. The van der Waals surface area contributed by atoms with Gasteiger partial charge in [0.1, 0.15) is 0 Å². The van der Waals surface area contributed by atoms with E-state index >= 15 is 0 Å². The molecule has 0 heterocycles. The minimum atomic E-state index is -0.145. The molecule has 0 aliphatic heterocycles. The lowest BCUT2D eigenvalue weighted by atomic mass is 10.1. The van der Waals surface area contributed by atoms with Crippen LogP contribution in [0.4, 0.5) is 5.69 Å². The van der Waals surface area contributed by atoms with Gasteiger partial charge in [-0.05, 0) is 47.9 Å². The molecule has 0 aliphatic rings. The Morgan fingerprint density at radius 1 is 1.20 bits per heavy atom. The molecule has 2 rings (SSSR count). The second-order valence-corrected chi connectivity index (χ2v) is 4.86. The highest BCUT2D eigenvalue weighted by molar-refractivity contribution is 6.30. The van der Waals surface area contributed by atoms with E-state index in [2.05, 4.69) is 12.2 Å². The zero-order valence-electron chi connectivity index (χ0n) is 11.3. The Kier molecular flexibility index (Phi) is 4.97. The molecule has 1 amide bonds. The predicted octanol–water partition coefficient (Wildman–Crippen LogP) is 4.55. The first-order valence-corrected chi connectivity index (χ1v) is 6.89. The predicted molar refractivity (Wildman–Crippen MR) is 84.9 cm³/mol. The van der Waals surface area contributed by atoms with Crippen molar-refractivity contribution < 1.29 is 4.79 Å². The molecule has 102 valence electrons. The van der Waals surface area contributed by atoms with E-state index in [0.29, 0.717) is 5.02 Å². The molecule has 0 fully saturated rings. The third-order valence-electron chi connectivity index (χ3n) is 2.90. The molecule has 3 heteroatoms. The fourth-order valence-corrected chi connectivity index (χ4v) is 1.92. The molecule has 20 heavy (non-hydrogen) atoms. The van der Waals surface area contributed by atoms with Crippen LogP contribution in [0.15, 0.2) is 54.6 Å². The van der Waals surface area contributed by atoms with Gasteiger partial charge >= 0.3 is 0 Å². The van der Waals surface area contributed by atoms with Gasteiger partial charge < -0.3 is 5.32 Å². The zero-order chi connectivity index (χ0) is 14.4. The van der Waals surface area contributed by atoms with Crippen LogP contribution in [-0.4, -0.2) is 5.91 Å². The van der Waals surface area contributed by atoms with Crippen LogP contribution >= 0.6 is 11.6 Å². The van der Waals surface area contributed by atoms with Crippen molar-refractivity contribution in [1.29, 1.82) is 0 Å². The summed E-state index contributed by atoms with van der Waals surface area (Å²) in [5, 5.41) is 3.53. The molecule has 2 aromatic rings. The van der Waals surface area contributed by atoms with Gasteiger partial charge in [-0.15, -0.1) is 0 Å². The maximum Gasteiger partial charge on any atom is 0.248 e. The second kappa shape index (κ2) is 6.92. The van der Waals surface area contributed by atoms with Gasteiger partial charge in [0.25, 0.3) is 0 Å².